The molecule has 0 bridgehead atoms. The van der Waals surface area contributed by atoms with Gasteiger partial charge >= 0.3 is 5.97 Å². The van der Waals surface area contributed by atoms with Crippen LogP contribution < -0.4 is 4.90 Å². The van der Waals surface area contributed by atoms with Crippen LogP contribution in [0.25, 0.3) is 0 Å². The van der Waals surface area contributed by atoms with Crippen LogP contribution in [-0.2, 0) is 9.53 Å². The quantitative estimate of drug-likeness (QED) is 0.861. The van der Waals surface area contributed by atoms with Crippen LogP contribution in [0, 0.1) is 6.92 Å². The summed E-state index contributed by atoms with van der Waals surface area (Å²) in [5.74, 6) is -0.511. The van der Waals surface area contributed by atoms with Crippen LogP contribution in [0.4, 0.5) is 11.4 Å². The number of allylic oxidation sites excluding steroid dienone is 1. The minimum atomic E-state index is -0.989. The molecule has 4 heteroatoms. The predicted octanol–water partition coefficient (Wildman–Crippen LogP) is 3.63. The lowest BCUT2D eigenvalue weighted by Crippen LogP contribution is -2.29. The summed E-state index contributed by atoms with van der Waals surface area (Å²) in [6, 6.07) is 15.7. The largest absolute Gasteiger partial charge is 0.466 e. The number of fused-ring (bicyclic) bond motifs is 1. The monoisotopic (exact) mass is 309 g/mol. The van der Waals surface area contributed by atoms with E-state index in [2.05, 4.69) is 0 Å². The van der Waals surface area contributed by atoms with Gasteiger partial charge in [-0.1, -0.05) is 35.9 Å². The molecule has 0 radical (unpaired) electrons. The number of rotatable bonds is 2. The van der Waals surface area contributed by atoms with Gasteiger partial charge in [-0.2, -0.15) is 0 Å². The maximum Gasteiger partial charge on any atom is 0.338 e. The van der Waals surface area contributed by atoms with E-state index in [9.17, 15) is 9.90 Å². The second kappa shape index (κ2) is 5.89. The second-order valence-corrected chi connectivity index (χ2v) is 5.63. The number of esters is 1. The molecule has 0 saturated carbocycles. The van der Waals surface area contributed by atoms with Gasteiger partial charge in [-0.15, -0.1) is 0 Å². The lowest BCUT2D eigenvalue weighted by atomic mass is 9.91. The van der Waals surface area contributed by atoms with E-state index in [1.165, 1.54) is 7.11 Å². The first-order chi connectivity index (χ1) is 11.0. The van der Waals surface area contributed by atoms with Crippen molar-refractivity contribution >= 4 is 17.3 Å². The average Bonchev–Trinajstić information content (AvgIpc) is 2.56. The first kappa shape index (κ1) is 15.3. The number of methoxy groups -OCH3 is 1. The number of para-hydroxylation sites is 1. The van der Waals surface area contributed by atoms with Gasteiger partial charge in [0.1, 0.15) is 6.10 Å². The molecule has 1 heterocycles. The van der Waals surface area contributed by atoms with Gasteiger partial charge in [0.15, 0.2) is 0 Å². The molecular formula is C19H19NO3. The van der Waals surface area contributed by atoms with Crippen molar-refractivity contribution in [2.45, 2.75) is 20.0 Å². The molecule has 2 aromatic rings. The van der Waals surface area contributed by atoms with Crippen molar-refractivity contribution in [3.05, 3.63) is 70.9 Å². The summed E-state index contributed by atoms with van der Waals surface area (Å²) >= 11 is 0. The average molecular weight is 309 g/mol. The smallest absolute Gasteiger partial charge is 0.338 e. The van der Waals surface area contributed by atoms with Gasteiger partial charge in [0, 0.05) is 16.9 Å². The van der Waals surface area contributed by atoms with Crippen LogP contribution in [0.3, 0.4) is 0 Å². The van der Waals surface area contributed by atoms with E-state index in [4.69, 9.17) is 4.74 Å². The van der Waals surface area contributed by atoms with Gasteiger partial charge in [-0.25, -0.2) is 4.79 Å². The molecule has 1 N–H and O–H groups in total. The Kier molecular flexibility index (Phi) is 3.92. The van der Waals surface area contributed by atoms with Gasteiger partial charge < -0.3 is 14.7 Å². The molecule has 0 saturated heterocycles. The topological polar surface area (TPSA) is 49.8 Å². The van der Waals surface area contributed by atoms with Crippen molar-refractivity contribution in [2.24, 2.45) is 0 Å². The highest BCUT2D eigenvalue weighted by Gasteiger charge is 2.34. The SMILES string of the molecule is COC(=O)C1=C(C)N(c2ccccc2)c2ccc(C)cc2C1O. The number of aryl methyl sites for hydroxylation is 1. The predicted molar refractivity (Wildman–Crippen MR) is 89.4 cm³/mol. The van der Waals surface area contributed by atoms with E-state index >= 15 is 0 Å². The molecule has 3 rings (SSSR count). The molecule has 0 aromatic heterocycles. The van der Waals surface area contributed by atoms with Crippen molar-refractivity contribution in [3.8, 4) is 0 Å². The number of carbonyl (C=O) groups excluding carboxylic acids is 1. The number of hydrogen-bond acceptors (Lipinski definition) is 4. The minimum absolute atomic E-state index is 0.273. The van der Waals surface area contributed by atoms with Crippen molar-refractivity contribution < 1.29 is 14.6 Å². The molecule has 1 atom stereocenters. The summed E-state index contributed by atoms with van der Waals surface area (Å²) < 4.78 is 4.88. The fourth-order valence-corrected chi connectivity index (χ4v) is 3.03. The highest BCUT2D eigenvalue weighted by atomic mass is 16.5. The van der Waals surface area contributed by atoms with Crippen LogP contribution >= 0.6 is 0 Å². The standard InChI is InChI=1S/C19H19NO3/c1-12-9-10-16-15(11-12)18(21)17(19(22)23-3)13(2)20(16)14-7-5-4-6-8-14/h4-11,18,21H,1-3H3. The Bertz CT molecular complexity index is 780. The molecule has 23 heavy (non-hydrogen) atoms. The number of aliphatic hydroxyl groups excluding tert-OH is 1. The van der Waals surface area contributed by atoms with E-state index in [1.807, 2.05) is 67.3 Å². The maximum atomic E-state index is 12.2. The van der Waals surface area contributed by atoms with Gasteiger partial charge in [0.05, 0.1) is 18.4 Å². The van der Waals surface area contributed by atoms with Crippen LogP contribution in [0.2, 0.25) is 0 Å². The molecule has 1 aliphatic heterocycles. The molecule has 4 nitrogen and oxygen atoms in total. The van der Waals surface area contributed by atoms with E-state index in [0.717, 1.165) is 16.9 Å². The third-order valence-corrected chi connectivity index (χ3v) is 4.14. The second-order valence-electron chi connectivity index (χ2n) is 5.63. The van der Waals surface area contributed by atoms with Crippen LogP contribution in [0.15, 0.2) is 59.8 Å². The highest BCUT2D eigenvalue weighted by Crippen LogP contribution is 2.44. The Morgan fingerprint density at radius 2 is 1.83 bits per heavy atom. The van der Waals surface area contributed by atoms with Crippen LogP contribution in [0.5, 0.6) is 0 Å². The Balaban J connectivity index is 2.26. The first-order valence-electron chi connectivity index (χ1n) is 7.47. The lowest BCUT2D eigenvalue weighted by Gasteiger charge is -2.36. The number of nitrogens with zero attached hydrogens (tertiary/aromatic N) is 1. The van der Waals surface area contributed by atoms with Gasteiger partial charge in [0.25, 0.3) is 0 Å². The van der Waals surface area contributed by atoms with Crippen molar-refractivity contribution in [3.63, 3.8) is 0 Å². The zero-order valence-corrected chi connectivity index (χ0v) is 13.4. The Hall–Kier alpha value is -2.59. The van der Waals surface area contributed by atoms with E-state index in [1.54, 1.807) is 0 Å². The van der Waals surface area contributed by atoms with Gasteiger partial charge in [-0.3, -0.25) is 0 Å². The van der Waals surface area contributed by atoms with E-state index in [0.29, 0.717) is 11.3 Å². The molecule has 118 valence electrons. The number of ether oxygens (including phenoxy) is 1. The lowest BCUT2D eigenvalue weighted by molar-refractivity contribution is -0.137. The first-order valence-corrected chi connectivity index (χ1v) is 7.47. The fraction of sp³-hybridized carbons (Fsp3) is 0.211. The van der Waals surface area contributed by atoms with Gasteiger partial charge in [0.2, 0.25) is 0 Å². The van der Waals surface area contributed by atoms with E-state index < -0.39 is 12.1 Å². The molecule has 0 spiro atoms. The maximum absolute atomic E-state index is 12.2. The van der Waals surface area contributed by atoms with E-state index in [-0.39, 0.29) is 5.57 Å². The third kappa shape index (κ3) is 2.51. The summed E-state index contributed by atoms with van der Waals surface area (Å²) in [6.07, 6.45) is -0.989. The number of carbonyl (C=O) groups is 1. The molecule has 1 aliphatic rings. The molecule has 0 amide bonds. The van der Waals surface area contributed by atoms with Crippen molar-refractivity contribution in [2.75, 3.05) is 12.0 Å². The summed E-state index contributed by atoms with van der Waals surface area (Å²) in [5, 5.41) is 10.7. The summed E-state index contributed by atoms with van der Waals surface area (Å²) in [7, 11) is 1.33. The minimum Gasteiger partial charge on any atom is -0.466 e. The number of hydrogen-bond donors (Lipinski definition) is 1. The molecule has 2 aromatic carbocycles. The number of anilines is 2. The zero-order chi connectivity index (χ0) is 16.6. The van der Waals surface area contributed by atoms with Crippen molar-refractivity contribution in [1.82, 2.24) is 0 Å². The Morgan fingerprint density at radius 1 is 1.13 bits per heavy atom. The number of benzene rings is 2. The molecular weight excluding hydrogens is 290 g/mol. The normalized spacial score (nSPS) is 17.0. The molecule has 1 unspecified atom stereocenters. The Morgan fingerprint density at radius 3 is 2.48 bits per heavy atom. The summed E-state index contributed by atoms with van der Waals surface area (Å²) in [4.78, 5) is 14.2. The molecule has 0 fully saturated rings. The third-order valence-electron chi connectivity index (χ3n) is 4.14. The Labute approximate surface area is 135 Å². The zero-order valence-electron chi connectivity index (χ0n) is 13.4. The number of aliphatic hydroxyl groups is 1. The van der Waals surface area contributed by atoms with Crippen LogP contribution in [-0.4, -0.2) is 18.2 Å². The van der Waals surface area contributed by atoms with Crippen LogP contribution in [0.1, 0.15) is 24.2 Å². The van der Waals surface area contributed by atoms with Crippen molar-refractivity contribution in [1.29, 1.82) is 0 Å². The fourth-order valence-electron chi connectivity index (χ4n) is 3.03. The van der Waals surface area contributed by atoms with Gasteiger partial charge in [-0.05, 0) is 32.0 Å². The molecule has 0 aliphatic carbocycles. The summed E-state index contributed by atoms with van der Waals surface area (Å²) in [6.45, 7) is 3.79. The summed E-state index contributed by atoms with van der Waals surface area (Å²) in [5.41, 5.74) is 4.49. The highest BCUT2D eigenvalue weighted by molar-refractivity contribution is 5.94.